The summed E-state index contributed by atoms with van der Waals surface area (Å²) >= 11 is 0. The Balaban J connectivity index is 2.60. The summed E-state index contributed by atoms with van der Waals surface area (Å²) in [5.41, 5.74) is 4.08. The van der Waals surface area contributed by atoms with E-state index in [9.17, 15) is 10.0 Å². The first kappa shape index (κ1) is 11.8. The van der Waals surface area contributed by atoms with E-state index in [-0.39, 0.29) is 0 Å². The van der Waals surface area contributed by atoms with Crippen molar-refractivity contribution < 1.29 is 10.0 Å². The van der Waals surface area contributed by atoms with Gasteiger partial charge in [-0.15, -0.1) is 0 Å². The van der Waals surface area contributed by atoms with Crippen molar-refractivity contribution in [2.75, 3.05) is 0 Å². The molecular weight excluding hydrogens is 213 g/mol. The standard InChI is InChI=1S/C13H14BNO2/c1-9-7-8-11(10(2)15-9)12-5-3-4-6-13(12)14(16)17/h3-8,16-17H,1-2H3. The SMILES string of the molecule is Cc1ccc(-c2ccccc2B(O)O)c(C)n1. The molecule has 3 nitrogen and oxygen atoms in total. The zero-order valence-electron chi connectivity index (χ0n) is 9.88. The molecule has 0 radical (unpaired) electrons. The van der Waals surface area contributed by atoms with Crippen molar-refractivity contribution in [1.29, 1.82) is 0 Å². The number of rotatable bonds is 2. The zero-order valence-corrected chi connectivity index (χ0v) is 9.88. The first-order valence-corrected chi connectivity index (χ1v) is 5.49. The van der Waals surface area contributed by atoms with Crippen molar-refractivity contribution in [2.45, 2.75) is 13.8 Å². The molecule has 0 fully saturated rings. The summed E-state index contributed by atoms with van der Waals surface area (Å²) in [5, 5.41) is 18.7. The van der Waals surface area contributed by atoms with Gasteiger partial charge < -0.3 is 10.0 Å². The molecule has 0 saturated carbocycles. The minimum atomic E-state index is -1.47. The molecule has 86 valence electrons. The molecule has 2 N–H and O–H groups in total. The molecule has 4 heteroatoms. The molecular formula is C13H14BNO2. The number of benzene rings is 1. The Morgan fingerprint density at radius 3 is 2.29 bits per heavy atom. The zero-order chi connectivity index (χ0) is 12.4. The smallest absolute Gasteiger partial charge is 0.423 e. The summed E-state index contributed by atoms with van der Waals surface area (Å²) in [5.74, 6) is 0. The van der Waals surface area contributed by atoms with Crippen molar-refractivity contribution in [3.05, 3.63) is 47.8 Å². The molecule has 0 bridgehead atoms. The van der Waals surface area contributed by atoms with Gasteiger partial charge in [-0.1, -0.05) is 30.3 Å². The minimum absolute atomic E-state index is 0.501. The van der Waals surface area contributed by atoms with Crippen LogP contribution < -0.4 is 5.46 Å². The summed E-state index contributed by atoms with van der Waals surface area (Å²) < 4.78 is 0. The number of hydrogen-bond acceptors (Lipinski definition) is 3. The van der Waals surface area contributed by atoms with Gasteiger partial charge in [-0.2, -0.15) is 0 Å². The molecule has 2 rings (SSSR count). The first-order chi connectivity index (χ1) is 8.09. The maximum atomic E-state index is 9.35. The second-order valence-electron chi connectivity index (χ2n) is 4.05. The highest BCUT2D eigenvalue weighted by Crippen LogP contribution is 2.20. The van der Waals surface area contributed by atoms with Crippen molar-refractivity contribution in [2.24, 2.45) is 0 Å². The van der Waals surface area contributed by atoms with Gasteiger partial charge in [0.05, 0.1) is 0 Å². The second-order valence-corrected chi connectivity index (χ2v) is 4.05. The van der Waals surface area contributed by atoms with Crippen molar-refractivity contribution in [1.82, 2.24) is 4.98 Å². The van der Waals surface area contributed by atoms with E-state index in [2.05, 4.69) is 4.98 Å². The van der Waals surface area contributed by atoms with Crippen LogP contribution in [0.15, 0.2) is 36.4 Å². The monoisotopic (exact) mass is 227 g/mol. The molecule has 1 aromatic heterocycles. The predicted molar refractivity (Wildman–Crippen MR) is 69.0 cm³/mol. The highest BCUT2D eigenvalue weighted by atomic mass is 16.4. The lowest BCUT2D eigenvalue weighted by Gasteiger charge is -2.11. The van der Waals surface area contributed by atoms with Crippen LogP contribution in [-0.2, 0) is 0 Å². The lowest BCUT2D eigenvalue weighted by Crippen LogP contribution is -2.31. The van der Waals surface area contributed by atoms with Gasteiger partial charge in [0.2, 0.25) is 0 Å². The maximum absolute atomic E-state index is 9.35. The van der Waals surface area contributed by atoms with Crippen molar-refractivity contribution >= 4 is 12.6 Å². The van der Waals surface area contributed by atoms with Gasteiger partial charge in [-0.3, -0.25) is 4.98 Å². The van der Waals surface area contributed by atoms with Crippen LogP contribution in [-0.4, -0.2) is 22.2 Å². The number of pyridine rings is 1. The average Bonchev–Trinajstić information content (AvgIpc) is 2.29. The number of aryl methyl sites for hydroxylation is 2. The molecule has 0 aliphatic rings. The molecule has 0 amide bonds. The average molecular weight is 227 g/mol. The Labute approximate surface area is 101 Å². The summed E-state index contributed by atoms with van der Waals surface area (Å²) in [6, 6.07) is 11.1. The van der Waals surface area contributed by atoms with E-state index < -0.39 is 7.12 Å². The highest BCUT2D eigenvalue weighted by Gasteiger charge is 2.17. The normalized spacial score (nSPS) is 10.4. The lowest BCUT2D eigenvalue weighted by atomic mass is 9.75. The Bertz CT molecular complexity index is 541. The second kappa shape index (κ2) is 4.69. The molecule has 2 aromatic rings. The predicted octanol–water partition coefficient (Wildman–Crippen LogP) is 1.05. The Morgan fingerprint density at radius 1 is 0.941 bits per heavy atom. The van der Waals surface area contributed by atoms with Gasteiger partial charge >= 0.3 is 7.12 Å². The highest BCUT2D eigenvalue weighted by molar-refractivity contribution is 6.60. The fourth-order valence-electron chi connectivity index (χ4n) is 1.94. The minimum Gasteiger partial charge on any atom is -0.423 e. The Hall–Kier alpha value is -1.65. The van der Waals surface area contributed by atoms with Gasteiger partial charge in [0.25, 0.3) is 0 Å². The number of nitrogens with zero attached hydrogens (tertiary/aromatic N) is 1. The van der Waals surface area contributed by atoms with E-state index >= 15 is 0 Å². The third-order valence-electron chi connectivity index (χ3n) is 2.75. The molecule has 1 heterocycles. The molecule has 0 unspecified atom stereocenters. The third kappa shape index (κ3) is 2.38. The van der Waals surface area contributed by atoms with E-state index in [4.69, 9.17) is 0 Å². The van der Waals surface area contributed by atoms with Crippen molar-refractivity contribution in [3.63, 3.8) is 0 Å². The molecule has 1 aromatic carbocycles. The van der Waals surface area contributed by atoms with Crippen LogP contribution in [0.2, 0.25) is 0 Å². The van der Waals surface area contributed by atoms with E-state index in [0.717, 1.165) is 22.5 Å². The van der Waals surface area contributed by atoms with Gasteiger partial charge in [-0.25, -0.2) is 0 Å². The fourth-order valence-corrected chi connectivity index (χ4v) is 1.94. The quantitative estimate of drug-likeness (QED) is 0.754. The molecule has 0 saturated heterocycles. The topological polar surface area (TPSA) is 53.4 Å². The van der Waals surface area contributed by atoms with Gasteiger partial charge in [-0.05, 0) is 30.9 Å². The maximum Gasteiger partial charge on any atom is 0.489 e. The van der Waals surface area contributed by atoms with Gasteiger partial charge in [0.1, 0.15) is 0 Å². The molecule has 0 aliphatic carbocycles. The molecule has 0 spiro atoms. The fraction of sp³-hybridized carbons (Fsp3) is 0.154. The van der Waals surface area contributed by atoms with Gasteiger partial charge in [0.15, 0.2) is 0 Å². The molecule has 17 heavy (non-hydrogen) atoms. The Morgan fingerprint density at radius 2 is 1.65 bits per heavy atom. The van der Waals surface area contributed by atoms with E-state index in [1.165, 1.54) is 0 Å². The summed E-state index contributed by atoms with van der Waals surface area (Å²) in [6.07, 6.45) is 0. The van der Waals surface area contributed by atoms with Crippen molar-refractivity contribution in [3.8, 4) is 11.1 Å². The van der Waals surface area contributed by atoms with Crippen LogP contribution in [0.1, 0.15) is 11.4 Å². The molecule has 0 atom stereocenters. The van der Waals surface area contributed by atoms with E-state index in [1.807, 2.05) is 38.1 Å². The van der Waals surface area contributed by atoms with Crippen LogP contribution >= 0.6 is 0 Å². The van der Waals surface area contributed by atoms with Crippen LogP contribution in [0.5, 0.6) is 0 Å². The van der Waals surface area contributed by atoms with Crippen LogP contribution in [0, 0.1) is 13.8 Å². The van der Waals surface area contributed by atoms with Crippen LogP contribution in [0.4, 0.5) is 0 Å². The number of aromatic nitrogens is 1. The first-order valence-electron chi connectivity index (χ1n) is 5.49. The summed E-state index contributed by atoms with van der Waals surface area (Å²) in [7, 11) is -1.47. The largest absolute Gasteiger partial charge is 0.489 e. The third-order valence-corrected chi connectivity index (χ3v) is 2.75. The molecule has 0 aliphatic heterocycles. The van der Waals surface area contributed by atoms with E-state index in [0.29, 0.717) is 5.46 Å². The van der Waals surface area contributed by atoms with E-state index in [1.54, 1.807) is 12.1 Å². The Kier molecular flexibility index (Phi) is 3.27. The summed E-state index contributed by atoms with van der Waals surface area (Å²) in [6.45, 7) is 3.85. The van der Waals surface area contributed by atoms with Gasteiger partial charge in [0, 0.05) is 17.0 Å². The summed E-state index contributed by atoms with van der Waals surface area (Å²) in [4.78, 5) is 4.39. The lowest BCUT2D eigenvalue weighted by molar-refractivity contribution is 0.426. The van der Waals surface area contributed by atoms with Crippen LogP contribution in [0.25, 0.3) is 11.1 Å². The number of hydrogen-bond donors (Lipinski definition) is 2. The van der Waals surface area contributed by atoms with Crippen LogP contribution in [0.3, 0.4) is 0 Å².